The van der Waals surface area contributed by atoms with E-state index in [4.69, 9.17) is 9.47 Å². The molecule has 0 amide bonds. The lowest BCUT2D eigenvalue weighted by atomic mass is 10.0. The van der Waals surface area contributed by atoms with Crippen LogP contribution in [0.25, 0.3) is 0 Å². The van der Waals surface area contributed by atoms with Gasteiger partial charge in [-0.25, -0.2) is 4.98 Å². The van der Waals surface area contributed by atoms with Crippen LogP contribution in [-0.4, -0.2) is 42.0 Å². The molecule has 106 valence electrons. The molecule has 0 aromatic carbocycles. The van der Waals surface area contributed by atoms with E-state index in [9.17, 15) is 4.79 Å². The number of aryl methyl sites for hydroxylation is 1. The molecular weight excluding hydrogens is 246 g/mol. The lowest BCUT2D eigenvalue weighted by Crippen LogP contribution is -2.41. The van der Waals surface area contributed by atoms with Crippen LogP contribution in [0.1, 0.15) is 19.8 Å². The molecule has 0 bridgehead atoms. The van der Waals surface area contributed by atoms with Gasteiger partial charge < -0.3 is 19.4 Å². The molecule has 0 aliphatic carbocycles. The SMILES string of the molecule is CCCn1ccnc(NCC2(OC)CCOC2)c1=O. The highest BCUT2D eigenvalue weighted by molar-refractivity contribution is 5.31. The molecule has 1 unspecified atom stereocenters. The number of ether oxygens (including phenoxy) is 2. The first-order chi connectivity index (χ1) is 9.21. The Balaban J connectivity index is 2.07. The maximum atomic E-state index is 12.1. The molecular formula is C13H21N3O3. The van der Waals surface area contributed by atoms with Crippen LogP contribution in [0.5, 0.6) is 0 Å². The Bertz CT molecular complexity index is 466. The van der Waals surface area contributed by atoms with Gasteiger partial charge >= 0.3 is 0 Å². The first kappa shape index (κ1) is 14.0. The minimum Gasteiger partial charge on any atom is -0.378 e. The fraction of sp³-hybridized carbons (Fsp3) is 0.692. The second-order valence-electron chi connectivity index (χ2n) is 4.82. The molecule has 0 spiro atoms. The van der Waals surface area contributed by atoms with Crippen molar-refractivity contribution in [2.75, 3.05) is 32.2 Å². The second kappa shape index (κ2) is 6.16. The molecule has 1 aliphatic heterocycles. The summed E-state index contributed by atoms with van der Waals surface area (Å²) in [4.78, 5) is 16.2. The van der Waals surface area contributed by atoms with E-state index in [-0.39, 0.29) is 11.2 Å². The Morgan fingerprint density at radius 1 is 1.63 bits per heavy atom. The lowest BCUT2D eigenvalue weighted by molar-refractivity contribution is -0.00627. The summed E-state index contributed by atoms with van der Waals surface area (Å²) in [5.74, 6) is 0.374. The van der Waals surface area contributed by atoms with Crippen molar-refractivity contribution in [1.29, 1.82) is 0 Å². The van der Waals surface area contributed by atoms with E-state index in [1.807, 2.05) is 6.92 Å². The first-order valence-electron chi connectivity index (χ1n) is 6.63. The third-order valence-electron chi connectivity index (χ3n) is 3.46. The van der Waals surface area contributed by atoms with Crippen molar-refractivity contribution >= 4 is 5.82 Å². The van der Waals surface area contributed by atoms with Crippen LogP contribution in [-0.2, 0) is 16.0 Å². The third-order valence-corrected chi connectivity index (χ3v) is 3.46. The number of aromatic nitrogens is 2. The Hall–Kier alpha value is -1.40. The molecule has 2 heterocycles. The maximum Gasteiger partial charge on any atom is 0.293 e. The predicted octanol–water partition coefficient (Wildman–Crippen LogP) is 0.871. The van der Waals surface area contributed by atoms with Gasteiger partial charge in [-0.15, -0.1) is 0 Å². The zero-order valence-corrected chi connectivity index (χ0v) is 11.5. The number of hydrogen-bond donors (Lipinski definition) is 1. The summed E-state index contributed by atoms with van der Waals surface area (Å²) >= 11 is 0. The quantitative estimate of drug-likeness (QED) is 0.828. The molecule has 0 saturated carbocycles. The molecule has 1 aliphatic rings. The van der Waals surface area contributed by atoms with Crippen LogP contribution < -0.4 is 10.9 Å². The summed E-state index contributed by atoms with van der Waals surface area (Å²) < 4.78 is 12.5. The zero-order valence-electron chi connectivity index (χ0n) is 11.5. The van der Waals surface area contributed by atoms with Crippen LogP contribution in [0.15, 0.2) is 17.2 Å². The zero-order chi connectivity index (χ0) is 13.7. The summed E-state index contributed by atoms with van der Waals surface area (Å²) in [5.41, 5.74) is -0.436. The van der Waals surface area contributed by atoms with Crippen molar-refractivity contribution in [3.05, 3.63) is 22.7 Å². The van der Waals surface area contributed by atoms with Crippen molar-refractivity contribution in [2.45, 2.75) is 31.9 Å². The highest BCUT2D eigenvalue weighted by atomic mass is 16.5. The lowest BCUT2D eigenvalue weighted by Gasteiger charge is -2.26. The van der Waals surface area contributed by atoms with Crippen LogP contribution in [0.2, 0.25) is 0 Å². The fourth-order valence-electron chi connectivity index (χ4n) is 2.19. The van der Waals surface area contributed by atoms with E-state index >= 15 is 0 Å². The molecule has 1 aromatic rings. The van der Waals surface area contributed by atoms with Crippen LogP contribution in [0, 0.1) is 0 Å². The highest BCUT2D eigenvalue weighted by Crippen LogP contribution is 2.22. The topological polar surface area (TPSA) is 65.4 Å². The van der Waals surface area contributed by atoms with Gasteiger partial charge in [-0.3, -0.25) is 4.79 Å². The Labute approximate surface area is 112 Å². The fourth-order valence-corrected chi connectivity index (χ4v) is 2.19. The molecule has 0 radical (unpaired) electrons. The predicted molar refractivity (Wildman–Crippen MR) is 72.5 cm³/mol. The third kappa shape index (κ3) is 3.13. The summed E-state index contributed by atoms with van der Waals surface area (Å²) in [6.45, 7) is 4.51. The van der Waals surface area contributed by atoms with Gasteiger partial charge in [0.1, 0.15) is 5.60 Å². The largest absolute Gasteiger partial charge is 0.378 e. The maximum absolute atomic E-state index is 12.1. The highest BCUT2D eigenvalue weighted by Gasteiger charge is 2.35. The van der Waals surface area contributed by atoms with Gasteiger partial charge in [-0.05, 0) is 6.42 Å². The Morgan fingerprint density at radius 3 is 3.11 bits per heavy atom. The number of hydrogen-bond acceptors (Lipinski definition) is 5. The van der Waals surface area contributed by atoms with Gasteiger partial charge in [0.2, 0.25) is 0 Å². The molecule has 1 N–H and O–H groups in total. The van der Waals surface area contributed by atoms with E-state index < -0.39 is 0 Å². The monoisotopic (exact) mass is 267 g/mol. The van der Waals surface area contributed by atoms with Gasteiger partial charge in [-0.2, -0.15) is 0 Å². The van der Waals surface area contributed by atoms with Crippen molar-refractivity contribution in [3.8, 4) is 0 Å². The first-order valence-corrected chi connectivity index (χ1v) is 6.63. The molecule has 1 fully saturated rings. The summed E-state index contributed by atoms with van der Waals surface area (Å²) in [6, 6.07) is 0. The van der Waals surface area contributed by atoms with Gasteiger partial charge in [-0.1, -0.05) is 6.92 Å². The Morgan fingerprint density at radius 2 is 2.47 bits per heavy atom. The van der Waals surface area contributed by atoms with Crippen molar-refractivity contribution < 1.29 is 9.47 Å². The molecule has 2 rings (SSSR count). The van der Waals surface area contributed by atoms with Gasteiger partial charge in [0.25, 0.3) is 5.56 Å². The van der Waals surface area contributed by atoms with Crippen molar-refractivity contribution in [1.82, 2.24) is 9.55 Å². The van der Waals surface area contributed by atoms with E-state index in [0.29, 0.717) is 32.1 Å². The van der Waals surface area contributed by atoms with Crippen molar-refractivity contribution in [3.63, 3.8) is 0 Å². The van der Waals surface area contributed by atoms with Crippen molar-refractivity contribution in [2.24, 2.45) is 0 Å². The number of anilines is 1. The summed E-state index contributed by atoms with van der Waals surface area (Å²) in [5, 5.41) is 3.10. The standard InChI is InChI=1S/C13H21N3O3/c1-3-6-16-7-5-14-11(12(16)17)15-9-13(18-2)4-8-19-10-13/h5,7H,3-4,6,8-10H2,1-2H3,(H,14,15). The number of nitrogens with one attached hydrogen (secondary N) is 1. The normalized spacial score (nSPS) is 22.6. The van der Waals surface area contributed by atoms with Crippen LogP contribution in [0.3, 0.4) is 0 Å². The Kier molecular flexibility index (Phi) is 4.55. The molecule has 1 aromatic heterocycles. The second-order valence-corrected chi connectivity index (χ2v) is 4.82. The number of rotatable bonds is 6. The average Bonchev–Trinajstić information content (AvgIpc) is 2.89. The molecule has 6 heteroatoms. The minimum atomic E-state index is -0.348. The molecule has 1 saturated heterocycles. The van der Waals surface area contributed by atoms with E-state index in [1.54, 1.807) is 24.1 Å². The molecule has 1 atom stereocenters. The number of methoxy groups -OCH3 is 1. The smallest absolute Gasteiger partial charge is 0.293 e. The number of nitrogens with zero attached hydrogens (tertiary/aromatic N) is 2. The van der Waals surface area contributed by atoms with Crippen LogP contribution >= 0.6 is 0 Å². The van der Waals surface area contributed by atoms with Crippen LogP contribution in [0.4, 0.5) is 5.82 Å². The molecule has 6 nitrogen and oxygen atoms in total. The summed E-state index contributed by atoms with van der Waals surface area (Å²) in [7, 11) is 1.67. The van der Waals surface area contributed by atoms with Gasteiger partial charge in [0.05, 0.1) is 6.61 Å². The van der Waals surface area contributed by atoms with Gasteiger partial charge in [0.15, 0.2) is 5.82 Å². The van der Waals surface area contributed by atoms with Gasteiger partial charge in [0, 0.05) is 45.6 Å². The summed E-state index contributed by atoms with van der Waals surface area (Å²) in [6.07, 6.45) is 5.09. The molecule has 19 heavy (non-hydrogen) atoms. The van der Waals surface area contributed by atoms with E-state index in [1.165, 1.54) is 0 Å². The van der Waals surface area contributed by atoms with E-state index in [0.717, 1.165) is 12.8 Å². The minimum absolute atomic E-state index is 0.0884. The van der Waals surface area contributed by atoms with E-state index in [2.05, 4.69) is 10.3 Å². The average molecular weight is 267 g/mol.